The van der Waals surface area contributed by atoms with Crippen LogP contribution in [0.15, 0.2) is 24.8 Å². The maximum atomic E-state index is 5.56. The first kappa shape index (κ1) is 14.3. The summed E-state index contributed by atoms with van der Waals surface area (Å²) >= 11 is 0. The Hall–Kier alpha value is -2.11. The van der Waals surface area contributed by atoms with Crippen LogP contribution in [0.25, 0.3) is 0 Å². The van der Waals surface area contributed by atoms with Gasteiger partial charge in [-0.15, -0.1) is 0 Å². The zero-order valence-electron chi connectivity index (χ0n) is 12.2. The van der Waals surface area contributed by atoms with Gasteiger partial charge in [0.25, 0.3) is 0 Å². The minimum absolute atomic E-state index is 0.199. The third-order valence-corrected chi connectivity index (χ3v) is 2.70. The molecule has 0 bridgehead atoms. The van der Waals surface area contributed by atoms with E-state index in [4.69, 9.17) is 4.74 Å². The van der Waals surface area contributed by atoms with Crippen molar-refractivity contribution in [1.29, 1.82) is 0 Å². The highest BCUT2D eigenvalue weighted by atomic mass is 16.5. The monoisotopic (exact) mass is 275 g/mol. The molecular weight excluding hydrogens is 254 g/mol. The quantitative estimate of drug-likeness (QED) is 0.839. The van der Waals surface area contributed by atoms with Crippen molar-refractivity contribution in [1.82, 2.24) is 19.5 Å². The van der Waals surface area contributed by atoms with E-state index in [2.05, 4.69) is 34.1 Å². The van der Waals surface area contributed by atoms with E-state index < -0.39 is 0 Å². The predicted octanol–water partition coefficient (Wildman–Crippen LogP) is 2.27. The van der Waals surface area contributed by atoms with Gasteiger partial charge < -0.3 is 14.6 Å². The first-order valence-corrected chi connectivity index (χ1v) is 6.88. The standard InChI is InChI=1S/C14H21N5O/c1-4-7-20-13-8-11(2)16-14(18-13)17-12(3)9-19-6-5-15-10-19/h5-6,8,10,12H,4,7,9H2,1-3H3,(H,16,17,18). The molecule has 2 heterocycles. The van der Waals surface area contributed by atoms with Crippen LogP contribution in [-0.2, 0) is 6.54 Å². The zero-order chi connectivity index (χ0) is 14.4. The van der Waals surface area contributed by atoms with Crippen LogP contribution >= 0.6 is 0 Å². The van der Waals surface area contributed by atoms with Gasteiger partial charge in [0.1, 0.15) is 0 Å². The molecular formula is C14H21N5O. The average molecular weight is 275 g/mol. The lowest BCUT2D eigenvalue weighted by Crippen LogP contribution is -2.22. The summed E-state index contributed by atoms with van der Waals surface area (Å²) in [5.74, 6) is 1.22. The van der Waals surface area contributed by atoms with Crippen LogP contribution in [0.3, 0.4) is 0 Å². The number of imidazole rings is 1. The molecule has 0 amide bonds. The zero-order valence-corrected chi connectivity index (χ0v) is 12.2. The molecule has 0 aliphatic rings. The fraction of sp³-hybridized carbons (Fsp3) is 0.500. The smallest absolute Gasteiger partial charge is 0.226 e. The van der Waals surface area contributed by atoms with Crippen LogP contribution in [-0.4, -0.2) is 32.2 Å². The largest absolute Gasteiger partial charge is 0.478 e. The van der Waals surface area contributed by atoms with E-state index in [9.17, 15) is 0 Å². The van der Waals surface area contributed by atoms with Crippen molar-refractivity contribution in [2.45, 2.75) is 39.8 Å². The van der Waals surface area contributed by atoms with E-state index in [-0.39, 0.29) is 6.04 Å². The highest BCUT2D eigenvalue weighted by Crippen LogP contribution is 2.13. The molecule has 2 aromatic rings. The number of nitrogens with zero attached hydrogens (tertiary/aromatic N) is 4. The average Bonchev–Trinajstić information content (AvgIpc) is 2.88. The lowest BCUT2D eigenvalue weighted by molar-refractivity contribution is 0.304. The third-order valence-electron chi connectivity index (χ3n) is 2.70. The summed E-state index contributed by atoms with van der Waals surface area (Å²) in [4.78, 5) is 12.8. The van der Waals surface area contributed by atoms with Gasteiger partial charge in [-0.2, -0.15) is 4.98 Å². The van der Waals surface area contributed by atoms with Crippen molar-refractivity contribution in [3.05, 3.63) is 30.5 Å². The minimum Gasteiger partial charge on any atom is -0.478 e. The Morgan fingerprint density at radius 2 is 2.25 bits per heavy atom. The molecule has 2 aromatic heterocycles. The summed E-state index contributed by atoms with van der Waals surface area (Å²) in [5.41, 5.74) is 0.892. The molecule has 0 saturated heterocycles. The summed E-state index contributed by atoms with van der Waals surface area (Å²) in [6.45, 7) is 7.56. The second-order valence-electron chi connectivity index (χ2n) is 4.82. The Labute approximate surface area is 119 Å². The van der Waals surface area contributed by atoms with Gasteiger partial charge in [0.15, 0.2) is 0 Å². The van der Waals surface area contributed by atoms with E-state index in [0.717, 1.165) is 18.7 Å². The van der Waals surface area contributed by atoms with Gasteiger partial charge in [-0.05, 0) is 20.3 Å². The van der Waals surface area contributed by atoms with E-state index >= 15 is 0 Å². The van der Waals surface area contributed by atoms with Crippen LogP contribution in [0, 0.1) is 6.92 Å². The Morgan fingerprint density at radius 1 is 1.40 bits per heavy atom. The SMILES string of the molecule is CCCOc1cc(C)nc(NC(C)Cn2ccnc2)n1. The van der Waals surface area contributed by atoms with E-state index in [1.54, 1.807) is 12.5 Å². The molecule has 108 valence electrons. The van der Waals surface area contributed by atoms with Crippen LogP contribution in [0.4, 0.5) is 5.95 Å². The maximum Gasteiger partial charge on any atom is 0.226 e. The fourth-order valence-corrected chi connectivity index (χ4v) is 1.86. The molecule has 1 N–H and O–H groups in total. The van der Waals surface area contributed by atoms with E-state index in [1.165, 1.54) is 0 Å². The second-order valence-corrected chi connectivity index (χ2v) is 4.82. The maximum absolute atomic E-state index is 5.56. The van der Waals surface area contributed by atoms with E-state index in [1.807, 2.05) is 23.8 Å². The van der Waals surface area contributed by atoms with Crippen molar-refractivity contribution in [2.75, 3.05) is 11.9 Å². The molecule has 1 atom stereocenters. The van der Waals surface area contributed by atoms with Crippen molar-refractivity contribution < 1.29 is 4.74 Å². The van der Waals surface area contributed by atoms with Crippen LogP contribution in [0.1, 0.15) is 26.0 Å². The summed E-state index contributed by atoms with van der Waals surface area (Å²) in [6.07, 6.45) is 6.46. The number of rotatable bonds is 7. The number of ether oxygens (including phenoxy) is 1. The minimum atomic E-state index is 0.199. The van der Waals surface area contributed by atoms with Crippen molar-refractivity contribution >= 4 is 5.95 Å². The molecule has 1 unspecified atom stereocenters. The Balaban J connectivity index is 1.98. The number of hydrogen-bond acceptors (Lipinski definition) is 5. The number of aryl methyl sites for hydroxylation is 1. The van der Waals surface area contributed by atoms with Crippen LogP contribution in [0.5, 0.6) is 5.88 Å². The molecule has 0 aromatic carbocycles. The Bertz CT molecular complexity index is 526. The molecule has 20 heavy (non-hydrogen) atoms. The lowest BCUT2D eigenvalue weighted by Gasteiger charge is -2.15. The van der Waals surface area contributed by atoms with Gasteiger partial charge in [-0.1, -0.05) is 6.92 Å². The van der Waals surface area contributed by atoms with Gasteiger partial charge >= 0.3 is 0 Å². The Morgan fingerprint density at radius 3 is 2.95 bits per heavy atom. The summed E-state index contributed by atoms with van der Waals surface area (Å²) in [6, 6.07) is 2.05. The van der Waals surface area contributed by atoms with Gasteiger partial charge in [-0.3, -0.25) is 0 Å². The topological polar surface area (TPSA) is 64.9 Å². The lowest BCUT2D eigenvalue weighted by atomic mass is 10.3. The number of hydrogen-bond donors (Lipinski definition) is 1. The summed E-state index contributed by atoms with van der Waals surface area (Å²) < 4.78 is 7.57. The third kappa shape index (κ3) is 4.22. The van der Waals surface area contributed by atoms with Gasteiger partial charge in [0, 0.05) is 36.7 Å². The number of anilines is 1. The first-order chi connectivity index (χ1) is 9.67. The van der Waals surface area contributed by atoms with Crippen LogP contribution in [0.2, 0.25) is 0 Å². The molecule has 6 heteroatoms. The van der Waals surface area contributed by atoms with Crippen molar-refractivity contribution in [3.63, 3.8) is 0 Å². The molecule has 0 saturated carbocycles. The van der Waals surface area contributed by atoms with Gasteiger partial charge in [0.2, 0.25) is 11.8 Å². The molecule has 6 nitrogen and oxygen atoms in total. The Kier molecular flexibility index (Phi) is 4.92. The van der Waals surface area contributed by atoms with E-state index in [0.29, 0.717) is 18.4 Å². The molecule has 0 aliphatic carbocycles. The van der Waals surface area contributed by atoms with Gasteiger partial charge in [-0.25, -0.2) is 9.97 Å². The fourth-order valence-electron chi connectivity index (χ4n) is 1.86. The summed E-state index contributed by atoms with van der Waals surface area (Å²) in [5, 5.41) is 3.29. The molecule has 2 rings (SSSR count). The predicted molar refractivity (Wildman–Crippen MR) is 77.9 cm³/mol. The number of nitrogens with one attached hydrogen (secondary N) is 1. The molecule has 0 aliphatic heterocycles. The van der Waals surface area contributed by atoms with Crippen molar-refractivity contribution in [2.24, 2.45) is 0 Å². The molecule has 0 radical (unpaired) electrons. The second kappa shape index (κ2) is 6.88. The summed E-state index contributed by atoms with van der Waals surface area (Å²) in [7, 11) is 0. The van der Waals surface area contributed by atoms with Crippen molar-refractivity contribution in [3.8, 4) is 5.88 Å². The highest BCUT2D eigenvalue weighted by molar-refractivity contribution is 5.31. The van der Waals surface area contributed by atoms with Gasteiger partial charge in [0.05, 0.1) is 12.9 Å². The normalized spacial score (nSPS) is 12.2. The number of aromatic nitrogens is 4. The van der Waals surface area contributed by atoms with Crippen LogP contribution < -0.4 is 10.1 Å². The molecule has 0 spiro atoms. The molecule has 0 fully saturated rings. The first-order valence-electron chi connectivity index (χ1n) is 6.88. The highest BCUT2D eigenvalue weighted by Gasteiger charge is 2.07.